The van der Waals surface area contributed by atoms with Crippen LogP contribution >= 0.6 is 0 Å². The molecule has 0 bridgehead atoms. The molecule has 0 amide bonds. The molecule has 2 N–H and O–H groups in total. The van der Waals surface area contributed by atoms with Crippen LogP contribution in [-0.2, 0) is 10.8 Å². The molecular formula is C14H21NO2S. The standard InChI is InChI=1S/C14H21NO2S/c1-14(2)9-8-12(13(14)15)18(16)11-7-5-4-6-10(11)17-3/h4-7,12-13H,8-9,15H2,1-3H3. The number of hydrogen-bond donors (Lipinski definition) is 1. The maximum Gasteiger partial charge on any atom is 0.134 e. The van der Waals surface area contributed by atoms with Gasteiger partial charge in [0.05, 0.1) is 28.1 Å². The second-order valence-corrected chi connectivity index (χ2v) is 7.18. The Morgan fingerprint density at radius 3 is 2.61 bits per heavy atom. The Bertz CT molecular complexity index is 459. The second-order valence-electron chi connectivity index (χ2n) is 5.54. The molecule has 0 saturated heterocycles. The number of methoxy groups -OCH3 is 1. The smallest absolute Gasteiger partial charge is 0.134 e. The molecule has 4 heteroatoms. The zero-order chi connectivity index (χ0) is 13.3. The minimum Gasteiger partial charge on any atom is -0.495 e. The molecule has 1 aliphatic rings. The van der Waals surface area contributed by atoms with E-state index in [1.807, 2.05) is 24.3 Å². The Morgan fingerprint density at radius 2 is 2.06 bits per heavy atom. The van der Waals surface area contributed by atoms with Crippen LogP contribution in [0.3, 0.4) is 0 Å². The van der Waals surface area contributed by atoms with E-state index in [1.165, 1.54) is 0 Å². The van der Waals surface area contributed by atoms with Gasteiger partial charge < -0.3 is 10.5 Å². The topological polar surface area (TPSA) is 52.3 Å². The van der Waals surface area contributed by atoms with Gasteiger partial charge in [-0.25, -0.2) is 0 Å². The molecule has 0 aliphatic heterocycles. The summed E-state index contributed by atoms with van der Waals surface area (Å²) in [6.45, 7) is 4.30. The Hall–Kier alpha value is -0.870. The Balaban J connectivity index is 2.27. The Morgan fingerprint density at radius 1 is 1.39 bits per heavy atom. The van der Waals surface area contributed by atoms with Crippen LogP contribution in [0.15, 0.2) is 29.2 Å². The zero-order valence-electron chi connectivity index (χ0n) is 11.2. The summed E-state index contributed by atoms with van der Waals surface area (Å²) in [7, 11) is 0.509. The highest BCUT2D eigenvalue weighted by Gasteiger charge is 2.43. The maximum atomic E-state index is 12.7. The molecule has 2 rings (SSSR count). The van der Waals surface area contributed by atoms with Gasteiger partial charge in [-0.15, -0.1) is 0 Å². The summed E-state index contributed by atoms with van der Waals surface area (Å²) in [6, 6.07) is 7.47. The summed E-state index contributed by atoms with van der Waals surface area (Å²) in [5, 5.41) is 0.0244. The van der Waals surface area contributed by atoms with Crippen molar-refractivity contribution in [1.82, 2.24) is 0 Å². The highest BCUT2D eigenvalue weighted by Crippen LogP contribution is 2.40. The van der Waals surface area contributed by atoms with Crippen LogP contribution < -0.4 is 10.5 Å². The Kier molecular flexibility index (Phi) is 3.78. The van der Waals surface area contributed by atoms with E-state index < -0.39 is 10.8 Å². The molecule has 0 radical (unpaired) electrons. The monoisotopic (exact) mass is 267 g/mol. The predicted octanol–water partition coefficient (Wildman–Crippen LogP) is 2.32. The van der Waals surface area contributed by atoms with E-state index in [0.29, 0.717) is 5.75 Å². The molecular weight excluding hydrogens is 246 g/mol. The summed E-state index contributed by atoms with van der Waals surface area (Å²) in [6.07, 6.45) is 1.94. The van der Waals surface area contributed by atoms with Crippen molar-refractivity contribution in [2.24, 2.45) is 11.1 Å². The van der Waals surface area contributed by atoms with E-state index in [0.717, 1.165) is 17.7 Å². The lowest BCUT2D eigenvalue weighted by Crippen LogP contribution is -2.41. The summed E-state index contributed by atoms with van der Waals surface area (Å²) in [4.78, 5) is 0.762. The van der Waals surface area contributed by atoms with Crippen molar-refractivity contribution < 1.29 is 8.95 Å². The third-order valence-electron chi connectivity index (χ3n) is 3.94. The average molecular weight is 267 g/mol. The van der Waals surface area contributed by atoms with Gasteiger partial charge in [0.15, 0.2) is 0 Å². The number of hydrogen-bond acceptors (Lipinski definition) is 3. The number of para-hydroxylation sites is 1. The Labute approximate surface area is 111 Å². The summed E-state index contributed by atoms with van der Waals surface area (Å²) in [5.41, 5.74) is 6.32. The van der Waals surface area contributed by atoms with E-state index in [-0.39, 0.29) is 16.7 Å². The number of ether oxygens (including phenoxy) is 1. The van der Waals surface area contributed by atoms with Crippen molar-refractivity contribution in [3.8, 4) is 5.75 Å². The van der Waals surface area contributed by atoms with E-state index in [9.17, 15) is 4.21 Å². The van der Waals surface area contributed by atoms with Crippen LogP contribution in [0.5, 0.6) is 5.75 Å². The van der Waals surface area contributed by atoms with Gasteiger partial charge in [-0.2, -0.15) is 0 Å². The fourth-order valence-electron chi connectivity index (χ4n) is 2.55. The van der Waals surface area contributed by atoms with Crippen LogP contribution in [0.25, 0.3) is 0 Å². The summed E-state index contributed by atoms with van der Waals surface area (Å²) < 4.78 is 18.0. The molecule has 0 heterocycles. The first-order valence-electron chi connectivity index (χ1n) is 6.26. The van der Waals surface area contributed by atoms with Gasteiger partial charge in [-0.3, -0.25) is 4.21 Å². The van der Waals surface area contributed by atoms with E-state index in [4.69, 9.17) is 10.5 Å². The third kappa shape index (κ3) is 2.31. The van der Waals surface area contributed by atoms with Crippen molar-refractivity contribution in [2.75, 3.05) is 7.11 Å². The van der Waals surface area contributed by atoms with Gasteiger partial charge in [-0.05, 0) is 30.4 Å². The fourth-order valence-corrected chi connectivity index (χ4v) is 4.41. The number of benzene rings is 1. The van der Waals surface area contributed by atoms with Gasteiger partial charge in [0.2, 0.25) is 0 Å². The van der Waals surface area contributed by atoms with Crippen LogP contribution in [0.1, 0.15) is 26.7 Å². The molecule has 1 saturated carbocycles. The fraction of sp³-hybridized carbons (Fsp3) is 0.571. The van der Waals surface area contributed by atoms with Crippen molar-refractivity contribution >= 4 is 10.8 Å². The average Bonchev–Trinajstić information content (AvgIpc) is 2.64. The van der Waals surface area contributed by atoms with E-state index >= 15 is 0 Å². The predicted molar refractivity (Wildman–Crippen MR) is 74.2 cm³/mol. The maximum absolute atomic E-state index is 12.7. The first-order chi connectivity index (χ1) is 8.47. The number of rotatable bonds is 3. The summed E-state index contributed by atoms with van der Waals surface area (Å²) >= 11 is 0. The normalized spacial score (nSPS) is 28.0. The molecule has 3 unspecified atom stereocenters. The molecule has 1 aromatic carbocycles. The van der Waals surface area contributed by atoms with Crippen LogP contribution in [0.4, 0.5) is 0 Å². The van der Waals surface area contributed by atoms with E-state index in [1.54, 1.807) is 7.11 Å². The van der Waals surface area contributed by atoms with Crippen LogP contribution in [0.2, 0.25) is 0 Å². The minimum atomic E-state index is -1.10. The van der Waals surface area contributed by atoms with Crippen molar-refractivity contribution in [3.05, 3.63) is 24.3 Å². The van der Waals surface area contributed by atoms with Gasteiger partial charge in [0, 0.05) is 6.04 Å². The number of nitrogens with two attached hydrogens (primary N) is 1. The SMILES string of the molecule is COc1ccccc1S(=O)C1CCC(C)(C)C1N. The first-order valence-corrected chi connectivity index (χ1v) is 7.48. The highest BCUT2D eigenvalue weighted by molar-refractivity contribution is 7.85. The largest absolute Gasteiger partial charge is 0.495 e. The molecule has 0 aromatic heterocycles. The molecule has 1 aromatic rings. The molecule has 100 valence electrons. The molecule has 3 atom stereocenters. The van der Waals surface area contributed by atoms with Crippen molar-refractivity contribution in [2.45, 2.75) is 42.9 Å². The van der Waals surface area contributed by atoms with Gasteiger partial charge in [-0.1, -0.05) is 26.0 Å². The molecule has 3 nitrogen and oxygen atoms in total. The van der Waals surface area contributed by atoms with Crippen molar-refractivity contribution in [3.63, 3.8) is 0 Å². The van der Waals surface area contributed by atoms with Crippen LogP contribution in [-0.4, -0.2) is 22.6 Å². The zero-order valence-corrected chi connectivity index (χ0v) is 12.0. The lowest BCUT2D eigenvalue weighted by atomic mass is 9.88. The molecule has 1 fully saturated rings. The highest BCUT2D eigenvalue weighted by atomic mass is 32.2. The molecule has 18 heavy (non-hydrogen) atoms. The quantitative estimate of drug-likeness (QED) is 0.914. The van der Waals surface area contributed by atoms with Gasteiger partial charge in [0.25, 0.3) is 0 Å². The first kappa shape index (κ1) is 13.6. The van der Waals surface area contributed by atoms with Gasteiger partial charge in [0.1, 0.15) is 5.75 Å². The molecule has 0 spiro atoms. The van der Waals surface area contributed by atoms with Gasteiger partial charge >= 0.3 is 0 Å². The van der Waals surface area contributed by atoms with E-state index in [2.05, 4.69) is 13.8 Å². The third-order valence-corrected chi connectivity index (χ3v) is 5.79. The van der Waals surface area contributed by atoms with Crippen LogP contribution in [0, 0.1) is 5.41 Å². The second kappa shape index (κ2) is 5.02. The summed E-state index contributed by atoms with van der Waals surface area (Å²) in [5.74, 6) is 0.688. The lowest BCUT2D eigenvalue weighted by molar-refractivity contribution is 0.333. The van der Waals surface area contributed by atoms with Crippen molar-refractivity contribution in [1.29, 1.82) is 0 Å². The lowest BCUT2D eigenvalue weighted by Gasteiger charge is -2.26. The minimum absolute atomic E-state index is 0.0244. The molecule has 1 aliphatic carbocycles.